The fraction of sp³-hybridized carbons (Fsp3) is 0. The maximum absolute atomic E-state index is 10.4. The van der Waals surface area contributed by atoms with Crippen LogP contribution in [0.2, 0.25) is 0 Å². The van der Waals surface area contributed by atoms with Crippen molar-refractivity contribution in [3.63, 3.8) is 0 Å². The minimum Gasteiger partial charge on any atom is -0.294 e. The summed E-state index contributed by atoms with van der Waals surface area (Å²) in [6, 6.07) is 23.6. The lowest BCUT2D eigenvalue weighted by molar-refractivity contribution is 1.01. The van der Waals surface area contributed by atoms with E-state index >= 15 is 0 Å². The van der Waals surface area contributed by atoms with Crippen LogP contribution in [0.3, 0.4) is 0 Å². The molecule has 3 aromatic heterocycles. The summed E-state index contributed by atoms with van der Waals surface area (Å²) in [5.41, 5.74) is 3.19. The van der Waals surface area contributed by atoms with Crippen LogP contribution in [0.5, 0.6) is 0 Å². The normalized spacial score (nSPS) is 18.2. The van der Waals surface area contributed by atoms with Crippen LogP contribution >= 0.6 is 0 Å². The van der Waals surface area contributed by atoms with Crippen LogP contribution in [-0.2, 0) is 0 Å². The van der Waals surface area contributed by atoms with E-state index in [4.69, 9.17) is 13.2 Å². The molecule has 0 aliphatic heterocycles. The maximum atomic E-state index is 10.4. The number of nitrogens with zero attached hydrogens (tertiary/aromatic N) is 3. The van der Waals surface area contributed by atoms with Gasteiger partial charge in [0.25, 0.3) is 0 Å². The van der Waals surface area contributed by atoms with Crippen LogP contribution in [0.25, 0.3) is 66.4 Å². The Morgan fingerprint density at radius 1 is 0.339 bits per heavy atom. The molecule has 11 aromatic rings. The monoisotopic (exact) mass is 726 g/mol. The Morgan fingerprint density at radius 2 is 0.661 bits per heavy atom. The summed E-state index contributed by atoms with van der Waals surface area (Å²) in [6.45, 7) is 0. The predicted molar refractivity (Wildman–Crippen MR) is 228 cm³/mol. The molecule has 0 atom stereocenters. The summed E-state index contributed by atoms with van der Waals surface area (Å²) in [7, 11) is 0. The van der Waals surface area contributed by atoms with Crippen LogP contribution in [0.15, 0.2) is 200 Å². The summed E-state index contributed by atoms with van der Waals surface area (Å²) in [5.74, 6) is 0.723. The Hall–Kier alpha value is -7.49. The van der Waals surface area contributed by atoms with Crippen LogP contribution in [0.1, 0.15) is 20.6 Å². The Balaban J connectivity index is 1.40. The third kappa shape index (κ3) is 4.49. The molecular weight excluding hydrogens is 679 g/mol. The molecule has 260 valence electrons. The van der Waals surface area contributed by atoms with Gasteiger partial charge in [-0.1, -0.05) is 157 Å². The number of para-hydroxylation sites is 4. The smallest absolute Gasteiger partial charge is 0.140 e. The molecule has 3 heteroatoms. The van der Waals surface area contributed by atoms with Gasteiger partial charge in [-0.2, -0.15) is 0 Å². The molecule has 0 amide bonds. The van der Waals surface area contributed by atoms with Gasteiger partial charge in [0.05, 0.1) is 42.6 Å². The average Bonchev–Trinajstić information content (AvgIpc) is 3.90. The molecule has 0 N–H and O–H groups in total. The fourth-order valence-corrected chi connectivity index (χ4v) is 8.20. The van der Waals surface area contributed by atoms with Gasteiger partial charge in [-0.25, -0.2) is 4.98 Å². The summed E-state index contributed by atoms with van der Waals surface area (Å²) in [4.78, 5) is 5.35. The van der Waals surface area contributed by atoms with Crippen molar-refractivity contribution in [1.82, 2.24) is 14.1 Å². The van der Waals surface area contributed by atoms with Gasteiger partial charge in [0.15, 0.2) is 0 Å². The first-order valence-electron chi connectivity index (χ1n) is 25.5. The van der Waals surface area contributed by atoms with Gasteiger partial charge in [0, 0.05) is 21.5 Å². The third-order valence-corrected chi connectivity index (χ3v) is 10.6. The van der Waals surface area contributed by atoms with E-state index in [1.165, 1.54) is 0 Å². The maximum Gasteiger partial charge on any atom is 0.140 e. The fourth-order valence-electron chi connectivity index (χ4n) is 8.20. The van der Waals surface area contributed by atoms with Gasteiger partial charge >= 0.3 is 0 Å². The number of benzene rings is 8. The Labute approximate surface area is 342 Å². The molecule has 12 rings (SSSR count). The van der Waals surface area contributed by atoms with Crippen molar-refractivity contribution in [3.8, 4) is 22.8 Å². The number of pyridine rings is 1. The largest absolute Gasteiger partial charge is 0.294 e. The second kappa shape index (κ2) is 12.0. The molecule has 1 aliphatic rings. The number of aromatic nitrogens is 3. The van der Waals surface area contributed by atoms with E-state index in [0.29, 0.717) is 11.6 Å². The highest BCUT2D eigenvalue weighted by Gasteiger charge is 2.18. The topological polar surface area (TPSA) is 22.8 Å². The summed E-state index contributed by atoms with van der Waals surface area (Å²) in [5, 5.41) is 0.0154. The molecule has 0 radical (unpaired) electrons. The third-order valence-electron chi connectivity index (χ3n) is 10.6. The highest BCUT2D eigenvalue weighted by Crippen LogP contribution is 2.36. The lowest BCUT2D eigenvalue weighted by Gasteiger charge is -2.15. The molecular formula is C53H33N3. The molecule has 3 nitrogen and oxygen atoms in total. The van der Waals surface area contributed by atoms with Crippen molar-refractivity contribution in [1.29, 1.82) is 0 Å². The Bertz CT molecular complexity index is 4470. The SMILES string of the molecule is [2H]c1c([2H])c([2H])c2/c(c1[2H])=c1/c([2H])c([2H])c([2H])c([2H])/c1=c1\c([2H])c([2H])c(-c3cc(-n4c5ccccc5c5ccccc54)nc(-n4c5ccccc5c5ccccc54)c3)c([2H])\c1=c1/c([2H])c([2H])c([2H])c([2H])/c1=2. The van der Waals surface area contributed by atoms with Crippen LogP contribution in [0.4, 0.5) is 0 Å². The predicted octanol–water partition coefficient (Wildman–Crippen LogP) is 12.4. The van der Waals surface area contributed by atoms with E-state index in [2.05, 4.69) is 0 Å². The molecule has 3 heterocycles. The summed E-state index contributed by atoms with van der Waals surface area (Å²) < 4.78 is 143. The molecule has 0 saturated heterocycles. The summed E-state index contributed by atoms with van der Waals surface area (Å²) >= 11 is 0. The van der Waals surface area contributed by atoms with Gasteiger partial charge in [0.2, 0.25) is 0 Å². The number of hydrogen-bond donors (Lipinski definition) is 0. The van der Waals surface area contributed by atoms with Crippen molar-refractivity contribution < 1.29 is 20.6 Å². The molecule has 0 spiro atoms. The molecule has 0 fully saturated rings. The van der Waals surface area contributed by atoms with Crippen molar-refractivity contribution in [2.45, 2.75) is 0 Å². The van der Waals surface area contributed by atoms with Crippen molar-refractivity contribution in [2.24, 2.45) is 0 Å². The molecule has 0 saturated carbocycles. The van der Waals surface area contributed by atoms with Gasteiger partial charge in [-0.05, 0) is 95.3 Å². The molecule has 8 aromatic carbocycles. The number of rotatable bonds is 3. The zero-order valence-electron chi connectivity index (χ0n) is 44.2. The molecule has 1 aliphatic carbocycles. The van der Waals surface area contributed by atoms with Gasteiger partial charge in [-0.3, -0.25) is 9.13 Å². The van der Waals surface area contributed by atoms with Crippen LogP contribution in [-0.4, -0.2) is 14.1 Å². The van der Waals surface area contributed by atoms with Crippen molar-refractivity contribution in [2.75, 3.05) is 0 Å². The highest BCUT2D eigenvalue weighted by molar-refractivity contribution is 6.10. The van der Waals surface area contributed by atoms with E-state index in [1.54, 1.807) is 12.1 Å². The first kappa shape index (κ1) is 19.7. The van der Waals surface area contributed by atoms with E-state index in [0.717, 1.165) is 43.6 Å². The Morgan fingerprint density at radius 3 is 1.04 bits per heavy atom. The van der Waals surface area contributed by atoms with Gasteiger partial charge in [-0.15, -0.1) is 0 Å². The second-order valence-electron chi connectivity index (χ2n) is 13.6. The summed E-state index contributed by atoms with van der Waals surface area (Å²) in [6.07, 6.45) is 0. The lowest BCUT2D eigenvalue weighted by atomic mass is 9.98. The minimum atomic E-state index is -0.783. The number of fused-ring (bicyclic) bond motifs is 10. The minimum absolute atomic E-state index is 0.184. The van der Waals surface area contributed by atoms with E-state index in [1.807, 2.05) is 106 Å². The quantitative estimate of drug-likeness (QED) is 0.178. The molecule has 0 bridgehead atoms. The van der Waals surface area contributed by atoms with Crippen LogP contribution < -0.4 is 0 Å². The first-order valence-corrected chi connectivity index (χ1v) is 18.0. The zero-order valence-corrected chi connectivity index (χ0v) is 29.2. The van der Waals surface area contributed by atoms with Crippen LogP contribution in [0, 0.1) is 41.7 Å². The van der Waals surface area contributed by atoms with E-state index in [9.17, 15) is 12.3 Å². The van der Waals surface area contributed by atoms with E-state index < -0.39 is 132 Å². The highest BCUT2D eigenvalue weighted by atomic mass is 15.1. The first-order chi connectivity index (χ1) is 34.0. The van der Waals surface area contributed by atoms with Gasteiger partial charge in [0.1, 0.15) is 11.6 Å². The zero-order chi connectivity index (χ0) is 49.8. The van der Waals surface area contributed by atoms with E-state index in [-0.39, 0.29) is 11.1 Å². The molecule has 0 unspecified atom stereocenters. The lowest BCUT2D eigenvalue weighted by Crippen LogP contribution is -2.04. The second-order valence-corrected chi connectivity index (χ2v) is 13.6. The standard InChI is InChI=1S/C53H33N3/c1-2-16-37-36(15-1)38-17-3-4-19-40(38)42-30-29-34(31-47(42)41-20-6-5-18-39(37)41)35-32-52(55-48-25-11-7-21-43(48)44-22-8-12-26-49(44)55)54-53(33-35)56-50-27-13-9-23-45(50)46-24-10-14-28-51(46)56/h1-33H/b38-36-,39-37-,42-40-,47-41-/i1D,2D,3D,4D,5D,6D,15D,16D,17D,18D,19D,20D,29D,30D,31D. The number of hydrogen-bond acceptors (Lipinski definition) is 1. The molecule has 56 heavy (non-hydrogen) atoms. The van der Waals surface area contributed by atoms with Gasteiger partial charge < -0.3 is 0 Å². The van der Waals surface area contributed by atoms with Crippen molar-refractivity contribution >= 4 is 43.6 Å². The Kier molecular flexibility index (Phi) is 4.23. The van der Waals surface area contributed by atoms with Crippen molar-refractivity contribution in [3.05, 3.63) is 242 Å². The average molecular weight is 727 g/mol.